The van der Waals surface area contributed by atoms with Crippen LogP contribution >= 0.6 is 11.3 Å². The van der Waals surface area contributed by atoms with Gasteiger partial charge in [0.15, 0.2) is 0 Å². The number of hydrogen-bond donors (Lipinski definition) is 0. The molecule has 0 aliphatic heterocycles. The summed E-state index contributed by atoms with van der Waals surface area (Å²) in [5, 5.41) is 2.76. The van der Waals surface area contributed by atoms with E-state index < -0.39 is 0 Å². The van der Waals surface area contributed by atoms with Crippen molar-refractivity contribution in [3.05, 3.63) is 115 Å². The number of hydrogen-bond acceptors (Lipinski definition) is 2. The average Bonchev–Trinajstić information content (AvgIpc) is 3.15. The Kier molecular flexibility index (Phi) is 7.43. The smallest absolute Gasteiger partial charge is 0.0360 e. The highest BCUT2D eigenvalue weighted by Crippen LogP contribution is 2.32. The lowest BCUT2D eigenvalue weighted by atomic mass is 10.2. The van der Waals surface area contributed by atoms with Gasteiger partial charge in [0.1, 0.15) is 0 Å². The standard InChI is InChI=1S/C12H8S.C8H11N.C7H8/c1-3-7-11-9(5-1)10-6-2-4-8-12(10)13-11;1-9(2)8-6-4-3-5-7-8;1-7-5-3-2-4-6-7/h1-8H;3-7H,1-2H3;2-6H,1H3. The van der Waals surface area contributed by atoms with Gasteiger partial charge in [-0.1, -0.05) is 90.5 Å². The first-order chi connectivity index (χ1) is 14.1. The molecule has 0 aliphatic carbocycles. The fourth-order valence-corrected chi connectivity index (χ4v) is 4.04. The van der Waals surface area contributed by atoms with E-state index in [-0.39, 0.29) is 0 Å². The number of rotatable bonds is 1. The van der Waals surface area contributed by atoms with Crippen LogP contribution in [0, 0.1) is 6.92 Å². The van der Waals surface area contributed by atoms with Crippen LogP contribution in [0.3, 0.4) is 0 Å². The molecule has 29 heavy (non-hydrogen) atoms. The Morgan fingerprint density at radius 3 is 1.31 bits per heavy atom. The number of aryl methyl sites for hydroxylation is 1. The number of nitrogens with zero attached hydrogens (tertiary/aromatic N) is 1. The Morgan fingerprint density at radius 1 is 0.517 bits per heavy atom. The molecule has 0 amide bonds. The number of fused-ring (bicyclic) bond motifs is 3. The molecule has 0 saturated carbocycles. The molecule has 1 heterocycles. The van der Waals surface area contributed by atoms with Crippen molar-refractivity contribution in [1.82, 2.24) is 0 Å². The first kappa shape index (κ1) is 20.6. The van der Waals surface area contributed by atoms with E-state index in [2.05, 4.69) is 84.6 Å². The van der Waals surface area contributed by atoms with E-state index in [1.807, 2.05) is 61.8 Å². The van der Waals surface area contributed by atoms with Crippen molar-refractivity contribution >= 4 is 37.2 Å². The van der Waals surface area contributed by atoms with E-state index in [4.69, 9.17) is 0 Å². The Labute approximate surface area is 177 Å². The normalized spacial score (nSPS) is 9.90. The molecule has 1 nitrogen and oxygen atoms in total. The Hall–Kier alpha value is -3.10. The molecule has 0 aliphatic rings. The second-order valence-corrected chi connectivity index (χ2v) is 8.06. The van der Waals surface area contributed by atoms with Crippen LogP contribution in [0.5, 0.6) is 0 Å². The molecule has 0 fully saturated rings. The summed E-state index contributed by atoms with van der Waals surface area (Å²) in [6.45, 7) is 2.08. The van der Waals surface area contributed by atoms with Crippen LogP contribution in [0.1, 0.15) is 5.56 Å². The van der Waals surface area contributed by atoms with Crippen molar-refractivity contribution in [2.75, 3.05) is 19.0 Å². The zero-order chi connectivity index (χ0) is 20.5. The number of benzene rings is 4. The maximum atomic E-state index is 2.19. The van der Waals surface area contributed by atoms with Gasteiger partial charge >= 0.3 is 0 Å². The molecule has 0 saturated heterocycles. The van der Waals surface area contributed by atoms with Gasteiger partial charge in [0.25, 0.3) is 0 Å². The van der Waals surface area contributed by atoms with E-state index in [1.54, 1.807) is 0 Å². The molecule has 146 valence electrons. The van der Waals surface area contributed by atoms with Gasteiger partial charge in [0.2, 0.25) is 0 Å². The van der Waals surface area contributed by atoms with Gasteiger partial charge in [-0.05, 0) is 31.2 Å². The highest BCUT2D eigenvalue weighted by atomic mass is 32.1. The highest BCUT2D eigenvalue weighted by Gasteiger charge is 2.01. The Bertz CT molecular complexity index is 1080. The van der Waals surface area contributed by atoms with E-state index >= 15 is 0 Å². The van der Waals surface area contributed by atoms with Crippen molar-refractivity contribution in [2.24, 2.45) is 0 Å². The van der Waals surface area contributed by atoms with Crippen molar-refractivity contribution in [1.29, 1.82) is 0 Å². The Morgan fingerprint density at radius 2 is 0.931 bits per heavy atom. The molecule has 5 rings (SSSR count). The first-order valence-electron chi connectivity index (χ1n) is 9.75. The molecule has 4 aromatic carbocycles. The molecule has 0 atom stereocenters. The molecule has 2 heteroatoms. The lowest BCUT2D eigenvalue weighted by Gasteiger charge is -2.10. The number of anilines is 1. The summed E-state index contributed by atoms with van der Waals surface area (Å²) in [6.07, 6.45) is 0. The van der Waals surface area contributed by atoms with Crippen LogP contribution < -0.4 is 4.90 Å². The van der Waals surface area contributed by atoms with Gasteiger partial charge in [-0.2, -0.15) is 0 Å². The largest absolute Gasteiger partial charge is 0.378 e. The van der Waals surface area contributed by atoms with Crippen molar-refractivity contribution in [3.8, 4) is 0 Å². The molecule has 0 unspecified atom stereocenters. The van der Waals surface area contributed by atoms with Gasteiger partial charge in [-0.3, -0.25) is 0 Å². The zero-order valence-corrected chi connectivity index (χ0v) is 18.1. The van der Waals surface area contributed by atoms with Gasteiger partial charge in [0.05, 0.1) is 0 Å². The monoisotopic (exact) mass is 397 g/mol. The van der Waals surface area contributed by atoms with Crippen LogP contribution in [0.15, 0.2) is 109 Å². The summed E-state index contributed by atoms with van der Waals surface area (Å²) in [5.74, 6) is 0. The number of thiophene rings is 1. The van der Waals surface area contributed by atoms with Crippen LogP contribution in [0.4, 0.5) is 5.69 Å². The van der Waals surface area contributed by atoms with E-state index in [0.29, 0.717) is 0 Å². The molecule has 0 spiro atoms. The summed E-state index contributed by atoms with van der Waals surface area (Å²) >= 11 is 1.86. The third-order valence-corrected chi connectivity index (χ3v) is 5.65. The highest BCUT2D eigenvalue weighted by molar-refractivity contribution is 7.25. The van der Waals surface area contributed by atoms with Crippen LogP contribution in [0.2, 0.25) is 0 Å². The first-order valence-corrected chi connectivity index (χ1v) is 10.6. The van der Waals surface area contributed by atoms with Gasteiger partial charge < -0.3 is 4.90 Å². The number of para-hydroxylation sites is 1. The fourth-order valence-electron chi connectivity index (χ4n) is 2.94. The molecular weight excluding hydrogens is 370 g/mol. The summed E-state index contributed by atoms with van der Waals surface area (Å²) in [5.41, 5.74) is 2.57. The third-order valence-electron chi connectivity index (χ3n) is 4.50. The SMILES string of the molecule is CN(C)c1ccccc1.Cc1ccccc1.c1ccc2c(c1)sc1ccccc12. The predicted octanol–water partition coefficient (Wildman–Crippen LogP) is 7.80. The minimum absolute atomic E-state index is 1.25. The average molecular weight is 398 g/mol. The second-order valence-electron chi connectivity index (χ2n) is 6.98. The minimum atomic E-state index is 1.25. The molecule has 0 N–H and O–H groups in total. The Balaban J connectivity index is 0.000000132. The summed E-state index contributed by atoms with van der Waals surface area (Å²) < 4.78 is 2.76. The minimum Gasteiger partial charge on any atom is -0.378 e. The fraction of sp³-hybridized carbons (Fsp3) is 0.111. The quantitative estimate of drug-likeness (QED) is 0.279. The van der Waals surface area contributed by atoms with E-state index in [1.165, 1.54) is 31.4 Å². The van der Waals surface area contributed by atoms with Gasteiger partial charge in [-0.25, -0.2) is 0 Å². The lowest BCUT2D eigenvalue weighted by Crippen LogP contribution is -2.07. The molecule has 0 radical (unpaired) electrons. The van der Waals surface area contributed by atoms with Gasteiger partial charge in [-0.15, -0.1) is 11.3 Å². The summed E-state index contributed by atoms with van der Waals surface area (Å²) in [4.78, 5) is 2.08. The van der Waals surface area contributed by atoms with Crippen molar-refractivity contribution in [3.63, 3.8) is 0 Å². The maximum absolute atomic E-state index is 2.19. The third kappa shape index (κ3) is 5.94. The molecule has 1 aromatic heterocycles. The second kappa shape index (κ2) is 10.4. The van der Waals surface area contributed by atoms with Crippen LogP contribution in [-0.2, 0) is 0 Å². The van der Waals surface area contributed by atoms with E-state index in [0.717, 1.165) is 0 Å². The topological polar surface area (TPSA) is 3.24 Å². The summed E-state index contributed by atoms with van der Waals surface area (Å²) in [7, 11) is 4.07. The predicted molar refractivity (Wildman–Crippen MR) is 131 cm³/mol. The maximum Gasteiger partial charge on any atom is 0.0360 e. The molecule has 5 aromatic rings. The van der Waals surface area contributed by atoms with Crippen molar-refractivity contribution in [2.45, 2.75) is 6.92 Å². The van der Waals surface area contributed by atoms with Crippen molar-refractivity contribution < 1.29 is 0 Å². The van der Waals surface area contributed by atoms with E-state index in [9.17, 15) is 0 Å². The lowest BCUT2D eigenvalue weighted by molar-refractivity contribution is 1.13. The summed E-state index contributed by atoms with van der Waals surface area (Å²) in [6, 6.07) is 37.6. The molecular formula is C27H27NS. The van der Waals surface area contributed by atoms with Crippen LogP contribution in [-0.4, -0.2) is 14.1 Å². The molecule has 0 bridgehead atoms. The van der Waals surface area contributed by atoms with Crippen LogP contribution in [0.25, 0.3) is 20.2 Å². The van der Waals surface area contributed by atoms with Gasteiger partial charge in [0, 0.05) is 40.0 Å². The zero-order valence-electron chi connectivity index (χ0n) is 17.2.